The van der Waals surface area contributed by atoms with Crippen LogP contribution >= 0.6 is 0 Å². The van der Waals surface area contributed by atoms with E-state index in [1.165, 1.54) is 0 Å². The highest BCUT2D eigenvalue weighted by Crippen LogP contribution is 2.11. The molecule has 0 unspecified atom stereocenters. The van der Waals surface area contributed by atoms with E-state index < -0.39 is 0 Å². The van der Waals surface area contributed by atoms with Crippen LogP contribution in [-0.2, 0) is 6.42 Å². The Morgan fingerprint density at radius 3 is 2.53 bits per heavy atom. The molecule has 1 aromatic heterocycles. The van der Waals surface area contributed by atoms with Crippen molar-refractivity contribution in [1.29, 1.82) is 0 Å². The van der Waals surface area contributed by atoms with Gasteiger partial charge in [-0.05, 0) is 37.1 Å². The van der Waals surface area contributed by atoms with Crippen LogP contribution in [0.4, 0.5) is 5.95 Å². The number of carbonyl (C=O) groups is 1. The van der Waals surface area contributed by atoms with Crippen molar-refractivity contribution in [2.24, 2.45) is 4.99 Å². The summed E-state index contributed by atoms with van der Waals surface area (Å²) < 4.78 is 0. The third-order valence-corrected chi connectivity index (χ3v) is 4.99. The van der Waals surface area contributed by atoms with Crippen molar-refractivity contribution in [3.05, 3.63) is 53.9 Å². The number of rotatable bonds is 6. The monoisotopic (exact) mass is 409 g/mol. The molecule has 0 atom stereocenters. The molecule has 1 saturated heterocycles. The predicted octanol–water partition coefficient (Wildman–Crippen LogP) is 1.51. The van der Waals surface area contributed by atoms with Gasteiger partial charge in [-0.1, -0.05) is 12.1 Å². The molecule has 1 aliphatic rings. The average Bonchev–Trinajstić information content (AvgIpc) is 2.79. The number of carbonyl (C=O) groups excluding carboxylic acids is 1. The first-order chi connectivity index (χ1) is 14.6. The molecule has 8 nitrogen and oxygen atoms in total. The maximum Gasteiger partial charge on any atom is 0.253 e. The van der Waals surface area contributed by atoms with Crippen molar-refractivity contribution in [3.63, 3.8) is 0 Å². The molecule has 3 rings (SSSR count). The van der Waals surface area contributed by atoms with Crippen LogP contribution in [0, 0.1) is 0 Å². The van der Waals surface area contributed by atoms with Gasteiger partial charge in [-0.2, -0.15) is 0 Å². The van der Waals surface area contributed by atoms with E-state index in [4.69, 9.17) is 4.99 Å². The quantitative estimate of drug-likeness (QED) is 0.576. The lowest BCUT2D eigenvalue weighted by atomic mass is 10.1. The van der Waals surface area contributed by atoms with Crippen LogP contribution in [0.1, 0.15) is 22.8 Å². The van der Waals surface area contributed by atoms with Gasteiger partial charge in [-0.3, -0.25) is 9.79 Å². The van der Waals surface area contributed by atoms with Gasteiger partial charge in [0.05, 0.1) is 0 Å². The van der Waals surface area contributed by atoms with Crippen molar-refractivity contribution in [3.8, 4) is 0 Å². The average molecular weight is 410 g/mol. The van der Waals surface area contributed by atoms with Gasteiger partial charge in [-0.15, -0.1) is 0 Å². The Bertz CT molecular complexity index is 846. The molecule has 0 bridgehead atoms. The minimum absolute atomic E-state index is 0.0222. The Morgan fingerprint density at radius 1 is 1.13 bits per heavy atom. The first kappa shape index (κ1) is 21.5. The lowest BCUT2D eigenvalue weighted by molar-refractivity contribution is 0.0827. The van der Waals surface area contributed by atoms with Gasteiger partial charge in [0.1, 0.15) is 0 Å². The number of aliphatic imine (C=N–C) groups is 1. The minimum atomic E-state index is 0.0222. The summed E-state index contributed by atoms with van der Waals surface area (Å²) in [4.78, 5) is 31.8. The van der Waals surface area contributed by atoms with Gasteiger partial charge in [0.2, 0.25) is 5.95 Å². The lowest BCUT2D eigenvalue weighted by Gasteiger charge is -2.36. The summed E-state index contributed by atoms with van der Waals surface area (Å²) in [6, 6.07) is 9.64. The molecule has 1 N–H and O–H groups in total. The van der Waals surface area contributed by atoms with E-state index in [1.807, 2.05) is 30.3 Å². The van der Waals surface area contributed by atoms with Crippen LogP contribution in [0.5, 0.6) is 0 Å². The van der Waals surface area contributed by atoms with Crippen molar-refractivity contribution < 1.29 is 4.79 Å². The zero-order valence-corrected chi connectivity index (χ0v) is 18.1. The molecular formula is C22H31N7O. The number of piperazine rings is 1. The summed E-state index contributed by atoms with van der Waals surface area (Å²) in [5.41, 5.74) is 1.83. The zero-order chi connectivity index (χ0) is 21.3. The molecule has 2 aromatic rings. The Labute approximate surface area is 178 Å². The Balaban J connectivity index is 1.58. The first-order valence-electron chi connectivity index (χ1n) is 10.4. The van der Waals surface area contributed by atoms with Crippen LogP contribution < -0.4 is 10.2 Å². The SMILES string of the molecule is CCNC(=NCCc1cccc(C(=O)N(C)C)c1)N1CCN(c2ncccn2)CC1. The number of nitrogens with one attached hydrogen (secondary N) is 1. The Hall–Kier alpha value is -3.16. The second-order valence-electron chi connectivity index (χ2n) is 7.41. The number of guanidine groups is 1. The van der Waals surface area contributed by atoms with Gasteiger partial charge in [-0.25, -0.2) is 9.97 Å². The number of anilines is 1. The second kappa shape index (κ2) is 10.6. The highest BCUT2D eigenvalue weighted by molar-refractivity contribution is 5.94. The van der Waals surface area contributed by atoms with Crippen LogP contribution in [0.2, 0.25) is 0 Å². The number of amides is 1. The third kappa shape index (κ3) is 5.68. The smallest absolute Gasteiger partial charge is 0.253 e. The molecule has 0 aliphatic carbocycles. The second-order valence-corrected chi connectivity index (χ2v) is 7.41. The van der Waals surface area contributed by atoms with Crippen molar-refractivity contribution in [2.45, 2.75) is 13.3 Å². The van der Waals surface area contributed by atoms with E-state index in [-0.39, 0.29) is 5.91 Å². The lowest BCUT2D eigenvalue weighted by Crippen LogP contribution is -2.53. The highest BCUT2D eigenvalue weighted by atomic mass is 16.2. The molecule has 0 radical (unpaired) electrons. The van der Waals surface area contributed by atoms with E-state index in [2.05, 4.69) is 32.0 Å². The predicted molar refractivity (Wildman–Crippen MR) is 120 cm³/mol. The Morgan fingerprint density at radius 2 is 1.87 bits per heavy atom. The third-order valence-electron chi connectivity index (χ3n) is 4.99. The standard InChI is InChI=1S/C22H31N7O/c1-4-23-21(28-13-15-29(16-14-28)22-24-10-6-11-25-22)26-12-9-18-7-5-8-19(17-18)20(30)27(2)3/h5-8,10-11,17H,4,9,12-16H2,1-3H3,(H,23,26). The fourth-order valence-corrected chi connectivity index (χ4v) is 3.41. The van der Waals surface area contributed by atoms with Gasteiger partial charge in [0, 0.05) is 71.3 Å². The number of hydrogen-bond acceptors (Lipinski definition) is 5. The molecule has 1 amide bonds. The number of aromatic nitrogens is 2. The van der Waals surface area contributed by atoms with Crippen LogP contribution in [0.15, 0.2) is 47.7 Å². The fourth-order valence-electron chi connectivity index (χ4n) is 3.41. The molecule has 30 heavy (non-hydrogen) atoms. The van der Waals surface area contributed by atoms with Gasteiger partial charge < -0.3 is 20.0 Å². The van der Waals surface area contributed by atoms with E-state index in [0.717, 1.165) is 56.6 Å². The Kier molecular flexibility index (Phi) is 7.59. The molecule has 160 valence electrons. The summed E-state index contributed by atoms with van der Waals surface area (Å²) in [6.07, 6.45) is 4.35. The molecule has 0 saturated carbocycles. The zero-order valence-electron chi connectivity index (χ0n) is 18.1. The highest BCUT2D eigenvalue weighted by Gasteiger charge is 2.21. The normalized spacial score (nSPS) is 14.6. The molecule has 1 fully saturated rings. The first-order valence-corrected chi connectivity index (χ1v) is 10.4. The molecule has 8 heteroatoms. The number of benzene rings is 1. The molecule has 1 aliphatic heterocycles. The minimum Gasteiger partial charge on any atom is -0.357 e. The summed E-state index contributed by atoms with van der Waals surface area (Å²) in [6.45, 7) is 7.05. The van der Waals surface area contributed by atoms with E-state index in [9.17, 15) is 4.79 Å². The van der Waals surface area contributed by atoms with Crippen LogP contribution in [0.3, 0.4) is 0 Å². The van der Waals surface area contributed by atoms with Gasteiger partial charge in [0.15, 0.2) is 5.96 Å². The summed E-state index contributed by atoms with van der Waals surface area (Å²) >= 11 is 0. The maximum atomic E-state index is 12.2. The van der Waals surface area contributed by atoms with E-state index >= 15 is 0 Å². The summed E-state index contributed by atoms with van der Waals surface area (Å²) in [5, 5.41) is 3.40. The number of nitrogens with zero attached hydrogens (tertiary/aromatic N) is 6. The topological polar surface area (TPSA) is 77.0 Å². The fraction of sp³-hybridized carbons (Fsp3) is 0.455. The molecule has 0 spiro atoms. The van der Waals surface area contributed by atoms with Crippen molar-refractivity contribution >= 4 is 17.8 Å². The van der Waals surface area contributed by atoms with Gasteiger partial charge >= 0.3 is 0 Å². The molecule has 2 heterocycles. The van der Waals surface area contributed by atoms with Crippen LogP contribution in [0.25, 0.3) is 0 Å². The van der Waals surface area contributed by atoms with Crippen molar-refractivity contribution in [1.82, 2.24) is 25.1 Å². The summed E-state index contributed by atoms with van der Waals surface area (Å²) in [5.74, 6) is 1.74. The van der Waals surface area contributed by atoms with E-state index in [1.54, 1.807) is 31.4 Å². The molecule has 1 aromatic carbocycles. The maximum absolute atomic E-state index is 12.2. The van der Waals surface area contributed by atoms with Gasteiger partial charge in [0.25, 0.3) is 5.91 Å². The van der Waals surface area contributed by atoms with E-state index in [0.29, 0.717) is 12.1 Å². The molecular weight excluding hydrogens is 378 g/mol. The van der Waals surface area contributed by atoms with Crippen LogP contribution in [-0.4, -0.2) is 85.0 Å². The number of hydrogen-bond donors (Lipinski definition) is 1. The summed E-state index contributed by atoms with van der Waals surface area (Å²) in [7, 11) is 3.54. The largest absolute Gasteiger partial charge is 0.357 e. The van der Waals surface area contributed by atoms with Crippen molar-refractivity contribution in [2.75, 3.05) is 58.3 Å².